The lowest BCUT2D eigenvalue weighted by Crippen LogP contribution is -2.46. The van der Waals surface area contributed by atoms with E-state index in [0.29, 0.717) is 0 Å². The topological polar surface area (TPSA) is 67.4 Å². The molecular weight excluding hydrogens is 360 g/mol. The highest BCUT2D eigenvalue weighted by molar-refractivity contribution is 7.84. The fourth-order valence-corrected chi connectivity index (χ4v) is 4.89. The van der Waals surface area contributed by atoms with Crippen molar-refractivity contribution in [3.05, 3.63) is 34.9 Å². The zero-order valence-electron chi connectivity index (χ0n) is 16.5. The highest BCUT2D eigenvalue weighted by Crippen LogP contribution is 2.51. The molecule has 0 radical (unpaired) electrons. The number of esters is 1. The Kier molecular flexibility index (Phi) is 5.76. The normalized spacial score (nSPS) is 21.9. The van der Waals surface area contributed by atoms with Crippen LogP contribution in [0.15, 0.2) is 18.2 Å². The number of methoxy groups -OCH3 is 1. The van der Waals surface area contributed by atoms with Crippen molar-refractivity contribution < 1.29 is 13.7 Å². The number of hydrogen-bond acceptors (Lipinski definition) is 4. The molecule has 2 N–H and O–H groups in total. The second kappa shape index (κ2) is 7.75. The maximum absolute atomic E-state index is 12.9. The first-order valence-electron chi connectivity index (χ1n) is 9.37. The number of rotatable bonds is 2. The van der Waals surface area contributed by atoms with Gasteiger partial charge in [-0.05, 0) is 81.8 Å². The molecule has 0 unspecified atom stereocenters. The van der Waals surface area contributed by atoms with Crippen molar-refractivity contribution in [1.29, 1.82) is 0 Å². The summed E-state index contributed by atoms with van der Waals surface area (Å²) in [7, 11) is 0.160. The van der Waals surface area contributed by atoms with Crippen molar-refractivity contribution in [2.75, 3.05) is 20.2 Å². The summed E-state index contributed by atoms with van der Waals surface area (Å²) in [5, 5.41) is 3.44. The summed E-state index contributed by atoms with van der Waals surface area (Å²) in [5.74, 6) is 4.82. The first-order valence-corrected chi connectivity index (χ1v) is 10.5. The van der Waals surface area contributed by atoms with Gasteiger partial charge in [-0.2, -0.15) is 0 Å². The van der Waals surface area contributed by atoms with Gasteiger partial charge in [0, 0.05) is 11.5 Å². The van der Waals surface area contributed by atoms with Gasteiger partial charge in [0.25, 0.3) is 0 Å². The molecule has 6 heteroatoms. The standard InChI is InChI=1S/C21H28N2O3S/c1-20(2,3)27(25)23-19-17-13-15(6-8-18(24)26-4)5-7-16(17)14-21(19)9-11-22-12-10-21/h5,7,13,19,22-23H,9-12,14H2,1-4H3/t19-,27-/m1/s1. The summed E-state index contributed by atoms with van der Waals surface area (Å²) in [6.07, 6.45) is 3.07. The van der Waals surface area contributed by atoms with Gasteiger partial charge in [-0.15, -0.1) is 0 Å². The molecule has 0 aromatic heterocycles. The van der Waals surface area contributed by atoms with Crippen molar-refractivity contribution in [3.8, 4) is 11.8 Å². The van der Waals surface area contributed by atoms with Gasteiger partial charge >= 0.3 is 5.97 Å². The molecule has 1 spiro atoms. The number of carbonyl (C=O) groups is 1. The van der Waals surface area contributed by atoms with Crippen LogP contribution in [0.25, 0.3) is 0 Å². The molecule has 5 nitrogen and oxygen atoms in total. The van der Waals surface area contributed by atoms with Crippen LogP contribution in [0.4, 0.5) is 0 Å². The van der Waals surface area contributed by atoms with Crippen LogP contribution in [-0.4, -0.2) is 35.1 Å². The predicted molar refractivity (Wildman–Crippen MR) is 107 cm³/mol. The van der Waals surface area contributed by atoms with Gasteiger partial charge in [0.15, 0.2) is 0 Å². The Balaban J connectivity index is 1.97. The van der Waals surface area contributed by atoms with Gasteiger partial charge in [0.2, 0.25) is 0 Å². The SMILES string of the molecule is COC(=O)C#Cc1ccc2c(c1)[C@@H](N[S@](=O)C(C)(C)C)C1(CCNCC1)C2. The summed E-state index contributed by atoms with van der Waals surface area (Å²) in [6, 6.07) is 6.11. The van der Waals surface area contributed by atoms with Gasteiger partial charge in [0.1, 0.15) is 0 Å². The van der Waals surface area contributed by atoms with Gasteiger partial charge in [0.05, 0.1) is 28.9 Å². The molecule has 1 aromatic rings. The van der Waals surface area contributed by atoms with Gasteiger partial charge in [-0.1, -0.05) is 12.0 Å². The molecule has 1 aromatic carbocycles. The van der Waals surface area contributed by atoms with E-state index in [-0.39, 0.29) is 16.2 Å². The zero-order valence-corrected chi connectivity index (χ0v) is 17.3. The van der Waals surface area contributed by atoms with Crippen LogP contribution in [0.5, 0.6) is 0 Å². The molecule has 0 amide bonds. The van der Waals surface area contributed by atoms with E-state index in [2.05, 4.69) is 32.7 Å². The molecule has 3 rings (SSSR count). The monoisotopic (exact) mass is 388 g/mol. The van der Waals surface area contributed by atoms with E-state index in [0.717, 1.165) is 43.5 Å². The van der Waals surface area contributed by atoms with Crippen molar-refractivity contribution in [1.82, 2.24) is 10.0 Å². The summed E-state index contributed by atoms with van der Waals surface area (Å²) in [4.78, 5) is 11.3. The molecule has 1 fully saturated rings. The molecule has 1 saturated heterocycles. The van der Waals surface area contributed by atoms with Crippen LogP contribution < -0.4 is 10.0 Å². The summed E-state index contributed by atoms with van der Waals surface area (Å²) in [5.41, 5.74) is 3.29. The van der Waals surface area contributed by atoms with Crippen molar-refractivity contribution >= 4 is 17.0 Å². The van der Waals surface area contributed by atoms with E-state index >= 15 is 0 Å². The van der Waals surface area contributed by atoms with Crippen molar-refractivity contribution in [2.45, 2.75) is 50.8 Å². The van der Waals surface area contributed by atoms with E-state index in [1.54, 1.807) is 0 Å². The van der Waals surface area contributed by atoms with Gasteiger partial charge in [-0.3, -0.25) is 0 Å². The van der Waals surface area contributed by atoms with Crippen LogP contribution in [0, 0.1) is 17.3 Å². The highest BCUT2D eigenvalue weighted by Gasteiger charge is 2.47. The smallest absolute Gasteiger partial charge is 0.384 e. The molecule has 1 aliphatic heterocycles. The molecule has 1 heterocycles. The molecule has 0 bridgehead atoms. The first-order chi connectivity index (χ1) is 12.7. The summed E-state index contributed by atoms with van der Waals surface area (Å²) < 4.78 is 20.6. The van der Waals surface area contributed by atoms with Gasteiger partial charge < -0.3 is 10.1 Å². The van der Waals surface area contributed by atoms with Crippen LogP contribution in [0.1, 0.15) is 56.3 Å². The summed E-state index contributed by atoms with van der Waals surface area (Å²) in [6.45, 7) is 7.91. The molecule has 0 saturated carbocycles. The zero-order chi connectivity index (χ0) is 19.7. The Morgan fingerprint density at radius 3 is 2.67 bits per heavy atom. The van der Waals surface area contributed by atoms with Crippen LogP contribution >= 0.6 is 0 Å². The first kappa shape index (κ1) is 20.1. The number of fused-ring (bicyclic) bond motifs is 1. The third kappa shape index (κ3) is 4.26. The number of ether oxygens (including phenoxy) is 1. The predicted octanol–water partition coefficient (Wildman–Crippen LogP) is 2.23. The number of hydrogen-bond donors (Lipinski definition) is 2. The highest BCUT2D eigenvalue weighted by atomic mass is 32.2. The molecule has 2 atom stereocenters. The van der Waals surface area contributed by atoms with Crippen LogP contribution in [0.2, 0.25) is 0 Å². The second-order valence-electron chi connectivity index (χ2n) is 8.38. The largest absolute Gasteiger partial charge is 0.459 e. The number of benzene rings is 1. The lowest BCUT2D eigenvalue weighted by molar-refractivity contribution is -0.133. The summed E-state index contributed by atoms with van der Waals surface area (Å²) >= 11 is 0. The molecular formula is C21H28N2O3S. The van der Waals surface area contributed by atoms with Gasteiger partial charge in [-0.25, -0.2) is 13.7 Å². The number of carbonyl (C=O) groups excluding carboxylic acids is 1. The Morgan fingerprint density at radius 2 is 2.04 bits per heavy atom. The minimum atomic E-state index is -1.16. The van der Waals surface area contributed by atoms with E-state index in [9.17, 15) is 9.00 Å². The van der Waals surface area contributed by atoms with Crippen LogP contribution in [-0.2, 0) is 26.9 Å². The van der Waals surface area contributed by atoms with Crippen molar-refractivity contribution in [3.63, 3.8) is 0 Å². The van der Waals surface area contributed by atoms with Crippen molar-refractivity contribution in [2.24, 2.45) is 5.41 Å². The fraction of sp³-hybridized carbons (Fsp3) is 0.571. The quantitative estimate of drug-likeness (QED) is 0.602. The Hall–Kier alpha value is -1.68. The molecule has 1 aliphatic carbocycles. The maximum atomic E-state index is 12.9. The number of nitrogens with one attached hydrogen (secondary N) is 2. The third-order valence-electron chi connectivity index (χ3n) is 5.49. The Morgan fingerprint density at radius 1 is 1.33 bits per heavy atom. The van der Waals surface area contributed by atoms with E-state index in [4.69, 9.17) is 0 Å². The molecule has 146 valence electrons. The average Bonchev–Trinajstić information content (AvgIpc) is 2.91. The Bertz CT molecular complexity index is 811. The number of piperidine rings is 1. The molecule has 2 aliphatic rings. The maximum Gasteiger partial charge on any atom is 0.384 e. The minimum Gasteiger partial charge on any atom is -0.459 e. The average molecular weight is 389 g/mol. The Labute approximate surface area is 164 Å². The fourth-order valence-electron chi connectivity index (χ4n) is 3.95. The van der Waals surface area contributed by atoms with E-state index in [1.165, 1.54) is 12.7 Å². The lowest BCUT2D eigenvalue weighted by Gasteiger charge is -2.40. The minimum absolute atomic E-state index is 0.0227. The van der Waals surface area contributed by atoms with Crippen LogP contribution in [0.3, 0.4) is 0 Å². The lowest BCUT2D eigenvalue weighted by atomic mass is 9.73. The molecule has 27 heavy (non-hydrogen) atoms. The van der Waals surface area contributed by atoms with E-state index < -0.39 is 17.0 Å². The van der Waals surface area contributed by atoms with E-state index in [1.807, 2.05) is 32.9 Å². The third-order valence-corrected chi connectivity index (χ3v) is 7.05. The second-order valence-corrected chi connectivity index (χ2v) is 10.4.